The van der Waals surface area contributed by atoms with Crippen LogP contribution in [0.15, 0.2) is 41.4 Å². The first-order valence-electron chi connectivity index (χ1n) is 8.99. The first kappa shape index (κ1) is 23.0. The normalized spacial score (nSPS) is 22.6. The minimum absolute atomic E-state index is 0.132. The van der Waals surface area contributed by atoms with Gasteiger partial charge in [0.25, 0.3) is 0 Å². The van der Waals surface area contributed by atoms with Gasteiger partial charge in [0.15, 0.2) is 9.84 Å². The van der Waals surface area contributed by atoms with E-state index in [-0.39, 0.29) is 17.1 Å². The molecule has 2 N–H and O–H groups in total. The van der Waals surface area contributed by atoms with Gasteiger partial charge in [-0.05, 0) is 51.1 Å². The predicted octanol–water partition coefficient (Wildman–Crippen LogP) is 4.56. The SMILES string of the molecule is CC1(c2cc(Oc3cc(F)cc(C(F)(F)F)c3)ccc2F)CS(=O)(=O)C(C)(C)C(N)=N1. The Morgan fingerprint density at radius 2 is 1.68 bits per heavy atom. The van der Waals surface area contributed by atoms with E-state index in [1.54, 1.807) is 0 Å². The van der Waals surface area contributed by atoms with Crippen LogP contribution >= 0.6 is 0 Å². The number of alkyl halides is 3. The minimum Gasteiger partial charge on any atom is -0.457 e. The Hall–Kier alpha value is -2.69. The number of amidine groups is 1. The molecule has 0 aromatic heterocycles. The van der Waals surface area contributed by atoms with E-state index in [0.717, 1.165) is 24.3 Å². The maximum Gasteiger partial charge on any atom is 0.416 e. The fourth-order valence-corrected chi connectivity index (χ4v) is 4.87. The maximum atomic E-state index is 14.6. The molecule has 31 heavy (non-hydrogen) atoms. The zero-order chi connectivity index (χ0) is 23.4. The molecule has 3 rings (SSSR count). The summed E-state index contributed by atoms with van der Waals surface area (Å²) in [5.74, 6) is -3.32. The molecule has 1 unspecified atom stereocenters. The highest BCUT2D eigenvalue weighted by Crippen LogP contribution is 2.40. The highest BCUT2D eigenvalue weighted by atomic mass is 32.2. The van der Waals surface area contributed by atoms with Crippen LogP contribution in [0.25, 0.3) is 0 Å². The Morgan fingerprint density at radius 3 is 2.26 bits per heavy atom. The molecule has 11 heteroatoms. The summed E-state index contributed by atoms with van der Waals surface area (Å²) in [6, 6.07) is 4.84. The molecule has 2 aromatic carbocycles. The van der Waals surface area contributed by atoms with Crippen LogP contribution in [0.1, 0.15) is 31.9 Å². The number of benzene rings is 2. The highest BCUT2D eigenvalue weighted by molar-refractivity contribution is 7.93. The molecule has 0 amide bonds. The van der Waals surface area contributed by atoms with E-state index in [2.05, 4.69) is 4.99 Å². The van der Waals surface area contributed by atoms with Gasteiger partial charge < -0.3 is 10.5 Å². The average Bonchev–Trinajstić information content (AvgIpc) is 2.60. The Labute approximate surface area is 175 Å². The predicted molar refractivity (Wildman–Crippen MR) is 105 cm³/mol. The largest absolute Gasteiger partial charge is 0.457 e. The lowest BCUT2D eigenvalue weighted by Gasteiger charge is -2.38. The monoisotopic (exact) mass is 462 g/mol. The molecule has 0 saturated heterocycles. The van der Waals surface area contributed by atoms with E-state index in [4.69, 9.17) is 10.5 Å². The number of hydrogen-bond acceptors (Lipinski definition) is 5. The van der Waals surface area contributed by atoms with Gasteiger partial charge in [0.2, 0.25) is 0 Å². The van der Waals surface area contributed by atoms with Crippen molar-refractivity contribution in [3.8, 4) is 11.5 Å². The van der Waals surface area contributed by atoms with Gasteiger partial charge in [-0.3, -0.25) is 4.99 Å². The lowest BCUT2D eigenvalue weighted by molar-refractivity contribution is -0.137. The summed E-state index contributed by atoms with van der Waals surface area (Å²) in [4.78, 5) is 4.21. The van der Waals surface area contributed by atoms with Crippen LogP contribution in [0, 0.1) is 11.6 Å². The Balaban J connectivity index is 2.05. The summed E-state index contributed by atoms with van der Waals surface area (Å²) in [7, 11) is -3.82. The quantitative estimate of drug-likeness (QED) is 0.679. The lowest BCUT2D eigenvalue weighted by Crippen LogP contribution is -2.54. The van der Waals surface area contributed by atoms with E-state index in [1.165, 1.54) is 20.8 Å². The zero-order valence-electron chi connectivity index (χ0n) is 16.7. The van der Waals surface area contributed by atoms with E-state index in [1.807, 2.05) is 0 Å². The van der Waals surface area contributed by atoms with Crippen LogP contribution < -0.4 is 10.5 Å². The van der Waals surface area contributed by atoms with Crippen molar-refractivity contribution >= 4 is 15.7 Å². The molecule has 1 heterocycles. The van der Waals surface area contributed by atoms with Gasteiger partial charge in [0.05, 0.1) is 11.3 Å². The van der Waals surface area contributed by atoms with Crippen molar-refractivity contribution in [2.75, 3.05) is 5.75 Å². The second kappa shape index (κ2) is 7.18. The number of ether oxygens (including phenoxy) is 1. The number of hydrogen-bond donors (Lipinski definition) is 1. The number of nitrogens with two attached hydrogens (primary N) is 1. The maximum absolute atomic E-state index is 14.6. The fraction of sp³-hybridized carbons (Fsp3) is 0.350. The van der Waals surface area contributed by atoms with Gasteiger partial charge in [0.1, 0.15) is 39.3 Å². The van der Waals surface area contributed by atoms with Crippen molar-refractivity contribution in [1.29, 1.82) is 0 Å². The topological polar surface area (TPSA) is 81.8 Å². The second-order valence-corrected chi connectivity index (χ2v) is 10.5. The highest BCUT2D eigenvalue weighted by Gasteiger charge is 2.49. The van der Waals surface area contributed by atoms with E-state index >= 15 is 0 Å². The molecule has 0 fully saturated rings. The summed E-state index contributed by atoms with van der Waals surface area (Å²) < 4.78 is 96.3. The van der Waals surface area contributed by atoms with Crippen LogP contribution in [0.3, 0.4) is 0 Å². The molecule has 0 bridgehead atoms. The molecular weight excluding hydrogens is 443 g/mol. The van der Waals surface area contributed by atoms with Gasteiger partial charge in [-0.2, -0.15) is 13.2 Å². The molecule has 1 aliphatic rings. The first-order valence-corrected chi connectivity index (χ1v) is 10.6. The van der Waals surface area contributed by atoms with Crippen molar-refractivity contribution in [1.82, 2.24) is 0 Å². The molecule has 5 nitrogen and oxygen atoms in total. The number of aliphatic imine (C=N–C) groups is 1. The molecule has 1 atom stereocenters. The first-order chi connectivity index (χ1) is 14.0. The van der Waals surface area contributed by atoms with Crippen LogP contribution in [0.5, 0.6) is 11.5 Å². The van der Waals surface area contributed by atoms with E-state index < -0.39 is 55.0 Å². The van der Waals surface area contributed by atoms with Crippen molar-refractivity contribution in [3.05, 3.63) is 59.2 Å². The number of halogens is 5. The van der Waals surface area contributed by atoms with Gasteiger partial charge in [-0.25, -0.2) is 17.2 Å². The van der Waals surface area contributed by atoms with Crippen LogP contribution in [-0.2, 0) is 21.6 Å². The Morgan fingerprint density at radius 1 is 1.03 bits per heavy atom. The standard InChI is InChI=1S/C20H19F5N2O3S/c1-18(2)17(26)27-19(3,10-31(18,28)29)15-9-13(4-5-16(15)22)30-14-7-11(20(23,24)25)6-12(21)8-14/h4-9H,10H2,1-3H3,(H2,26,27). The Bertz CT molecular complexity index is 1180. The molecule has 0 spiro atoms. The van der Waals surface area contributed by atoms with Crippen molar-refractivity contribution < 1.29 is 35.1 Å². The molecular formula is C20H19F5N2O3S. The van der Waals surface area contributed by atoms with Crippen LogP contribution in [0.4, 0.5) is 22.0 Å². The van der Waals surface area contributed by atoms with Crippen molar-refractivity contribution in [2.24, 2.45) is 10.7 Å². The van der Waals surface area contributed by atoms with Gasteiger partial charge in [0, 0.05) is 11.6 Å². The average molecular weight is 462 g/mol. The minimum atomic E-state index is -4.79. The molecule has 1 aliphatic heterocycles. The summed E-state index contributed by atoms with van der Waals surface area (Å²) in [5.41, 5.74) is 2.82. The number of rotatable bonds is 3. The van der Waals surface area contributed by atoms with E-state index in [0.29, 0.717) is 12.1 Å². The van der Waals surface area contributed by atoms with Crippen molar-refractivity contribution in [3.63, 3.8) is 0 Å². The molecule has 0 saturated carbocycles. The van der Waals surface area contributed by atoms with Gasteiger partial charge in [-0.15, -0.1) is 0 Å². The molecule has 0 aliphatic carbocycles. The molecule has 2 aromatic rings. The van der Waals surface area contributed by atoms with Gasteiger partial charge >= 0.3 is 6.18 Å². The summed E-state index contributed by atoms with van der Waals surface area (Å²) in [6.07, 6.45) is -4.79. The third-order valence-corrected chi connectivity index (χ3v) is 7.89. The molecule has 168 valence electrons. The zero-order valence-corrected chi connectivity index (χ0v) is 17.5. The molecule has 0 radical (unpaired) electrons. The summed E-state index contributed by atoms with van der Waals surface area (Å²) in [6.45, 7) is 4.15. The second-order valence-electron chi connectivity index (χ2n) is 7.96. The summed E-state index contributed by atoms with van der Waals surface area (Å²) in [5, 5.41) is 0. The summed E-state index contributed by atoms with van der Waals surface area (Å²) >= 11 is 0. The smallest absolute Gasteiger partial charge is 0.416 e. The third kappa shape index (κ3) is 4.23. The fourth-order valence-electron chi connectivity index (χ4n) is 3.18. The Kier molecular flexibility index (Phi) is 5.32. The third-order valence-electron chi connectivity index (χ3n) is 5.19. The van der Waals surface area contributed by atoms with Crippen molar-refractivity contribution in [2.45, 2.75) is 37.2 Å². The lowest BCUT2D eigenvalue weighted by atomic mass is 9.93. The number of nitrogens with zero attached hydrogens (tertiary/aromatic N) is 1. The van der Waals surface area contributed by atoms with Gasteiger partial charge in [-0.1, -0.05) is 0 Å². The van der Waals surface area contributed by atoms with Crippen LogP contribution in [-0.4, -0.2) is 24.8 Å². The van der Waals surface area contributed by atoms with Crippen LogP contribution in [0.2, 0.25) is 0 Å². The van der Waals surface area contributed by atoms with E-state index in [9.17, 15) is 30.4 Å². The number of sulfone groups is 1.